The highest BCUT2D eigenvalue weighted by Gasteiger charge is 2.42. The van der Waals surface area contributed by atoms with Crippen LogP contribution in [0.1, 0.15) is 6.42 Å². The molecule has 1 heterocycles. The minimum absolute atomic E-state index is 0.131. The monoisotopic (exact) mass is 213 g/mol. The maximum absolute atomic E-state index is 12.1. The third-order valence-electron chi connectivity index (χ3n) is 1.95. The predicted octanol–water partition coefficient (Wildman–Crippen LogP) is 0.682. The first-order valence-electron chi connectivity index (χ1n) is 4.05. The van der Waals surface area contributed by atoms with Crippen LogP contribution in [0.25, 0.3) is 0 Å². The van der Waals surface area contributed by atoms with E-state index < -0.39 is 25.0 Å². The lowest BCUT2D eigenvalue weighted by molar-refractivity contribution is -0.240. The molecule has 4 nitrogen and oxygen atoms in total. The molecule has 0 bridgehead atoms. The molecule has 0 unspecified atom stereocenters. The van der Waals surface area contributed by atoms with Crippen LogP contribution in [-0.2, 0) is 9.53 Å². The van der Waals surface area contributed by atoms with Gasteiger partial charge < -0.3 is 9.84 Å². The number of hydrogen-bond acceptors (Lipinski definition) is 3. The number of carboxylic acids is 1. The fourth-order valence-corrected chi connectivity index (χ4v) is 1.28. The lowest BCUT2D eigenvalue weighted by Gasteiger charge is -2.18. The zero-order chi connectivity index (χ0) is 10.8. The number of likely N-dealkylation sites (tertiary alicyclic amines) is 1. The Morgan fingerprint density at radius 3 is 2.64 bits per heavy atom. The van der Waals surface area contributed by atoms with Crippen LogP contribution < -0.4 is 0 Å². The topological polar surface area (TPSA) is 49.8 Å². The second kappa shape index (κ2) is 4.14. The SMILES string of the molecule is O=C(O)CO[C@@H]1CCN(C(F)(F)F)C1. The molecule has 1 atom stereocenters. The van der Waals surface area contributed by atoms with E-state index in [0.717, 1.165) is 0 Å². The third-order valence-corrected chi connectivity index (χ3v) is 1.95. The lowest BCUT2D eigenvalue weighted by atomic mass is 10.3. The maximum atomic E-state index is 12.1. The standard InChI is InChI=1S/C7H10F3NO3/c8-7(9,10)11-2-1-5(3-11)14-4-6(12)13/h5H,1-4H2,(H,12,13)/t5-/m1/s1. The van der Waals surface area contributed by atoms with Crippen molar-refractivity contribution in [2.24, 2.45) is 0 Å². The average molecular weight is 213 g/mol. The maximum Gasteiger partial charge on any atom is 0.460 e. The summed E-state index contributed by atoms with van der Waals surface area (Å²) in [4.78, 5) is 10.4. The molecule has 0 amide bonds. The Morgan fingerprint density at radius 1 is 1.57 bits per heavy atom. The summed E-state index contributed by atoms with van der Waals surface area (Å²) in [5.41, 5.74) is 0. The van der Waals surface area contributed by atoms with Crippen molar-refractivity contribution in [3.63, 3.8) is 0 Å². The van der Waals surface area contributed by atoms with Gasteiger partial charge in [0.25, 0.3) is 0 Å². The molecule has 7 heteroatoms. The van der Waals surface area contributed by atoms with Crippen molar-refractivity contribution < 1.29 is 27.8 Å². The number of hydrogen-bond donors (Lipinski definition) is 1. The molecule has 1 N–H and O–H groups in total. The molecule has 0 aromatic rings. The normalized spacial score (nSPS) is 24.1. The summed E-state index contributed by atoms with van der Waals surface area (Å²) >= 11 is 0. The quantitative estimate of drug-likeness (QED) is 0.700. The molecule has 1 rings (SSSR count). The van der Waals surface area contributed by atoms with E-state index in [9.17, 15) is 18.0 Å². The number of aliphatic carboxylic acids is 1. The van der Waals surface area contributed by atoms with E-state index in [4.69, 9.17) is 9.84 Å². The Bertz CT molecular complexity index is 219. The summed E-state index contributed by atoms with van der Waals surface area (Å²) in [5.74, 6) is -1.17. The van der Waals surface area contributed by atoms with Crippen molar-refractivity contribution in [3.8, 4) is 0 Å². The zero-order valence-corrected chi connectivity index (χ0v) is 7.25. The number of rotatable bonds is 3. The molecule has 0 aliphatic carbocycles. The Morgan fingerprint density at radius 2 is 2.21 bits per heavy atom. The number of alkyl halides is 3. The molecule has 0 aromatic carbocycles. The molecular weight excluding hydrogens is 203 g/mol. The first kappa shape index (κ1) is 11.3. The van der Waals surface area contributed by atoms with Crippen molar-refractivity contribution in [2.75, 3.05) is 19.7 Å². The van der Waals surface area contributed by atoms with Crippen molar-refractivity contribution in [1.82, 2.24) is 4.90 Å². The van der Waals surface area contributed by atoms with Crippen LogP contribution in [0.3, 0.4) is 0 Å². The van der Waals surface area contributed by atoms with Crippen LogP contribution in [-0.4, -0.2) is 48.1 Å². The van der Waals surface area contributed by atoms with Gasteiger partial charge in [-0.15, -0.1) is 0 Å². The average Bonchev–Trinajstić information content (AvgIpc) is 2.47. The Kier molecular flexibility index (Phi) is 3.33. The predicted molar refractivity (Wildman–Crippen MR) is 39.6 cm³/mol. The fourth-order valence-electron chi connectivity index (χ4n) is 1.28. The van der Waals surface area contributed by atoms with E-state index in [1.54, 1.807) is 0 Å². The Balaban J connectivity index is 2.31. The van der Waals surface area contributed by atoms with Crippen LogP contribution in [0.4, 0.5) is 13.2 Å². The molecule has 82 valence electrons. The van der Waals surface area contributed by atoms with Gasteiger partial charge in [-0.1, -0.05) is 0 Å². The van der Waals surface area contributed by atoms with E-state index >= 15 is 0 Å². The van der Waals surface area contributed by atoms with Gasteiger partial charge in [-0.2, -0.15) is 13.2 Å². The largest absolute Gasteiger partial charge is 0.480 e. The number of halogens is 3. The van der Waals surface area contributed by atoms with Crippen LogP contribution in [0, 0.1) is 0 Å². The molecule has 1 aliphatic heterocycles. The van der Waals surface area contributed by atoms with Crippen molar-refractivity contribution >= 4 is 5.97 Å². The van der Waals surface area contributed by atoms with Gasteiger partial charge in [0.05, 0.1) is 6.10 Å². The molecular formula is C7H10F3NO3. The number of ether oxygens (including phenoxy) is 1. The Hall–Kier alpha value is -0.820. The summed E-state index contributed by atoms with van der Waals surface area (Å²) in [7, 11) is 0. The highest BCUT2D eigenvalue weighted by Crippen LogP contribution is 2.26. The van der Waals surface area contributed by atoms with Gasteiger partial charge in [-0.05, 0) is 6.42 Å². The van der Waals surface area contributed by atoms with Gasteiger partial charge in [-0.25, -0.2) is 9.69 Å². The third kappa shape index (κ3) is 3.15. The molecule has 0 radical (unpaired) electrons. The van der Waals surface area contributed by atoms with E-state index in [-0.39, 0.29) is 19.5 Å². The highest BCUT2D eigenvalue weighted by atomic mass is 19.4. The fraction of sp³-hybridized carbons (Fsp3) is 0.857. The van der Waals surface area contributed by atoms with Gasteiger partial charge in [-0.3, -0.25) is 0 Å². The van der Waals surface area contributed by atoms with E-state index in [1.165, 1.54) is 0 Å². The molecule has 1 saturated heterocycles. The van der Waals surface area contributed by atoms with Gasteiger partial charge in [0, 0.05) is 13.1 Å². The van der Waals surface area contributed by atoms with Crippen molar-refractivity contribution in [3.05, 3.63) is 0 Å². The molecule has 14 heavy (non-hydrogen) atoms. The highest BCUT2D eigenvalue weighted by molar-refractivity contribution is 5.68. The van der Waals surface area contributed by atoms with E-state index in [0.29, 0.717) is 4.90 Å². The summed E-state index contributed by atoms with van der Waals surface area (Å²) in [6, 6.07) is 0. The molecule has 1 fully saturated rings. The van der Waals surface area contributed by atoms with Gasteiger partial charge in [0.2, 0.25) is 0 Å². The first-order chi connectivity index (χ1) is 6.39. The van der Waals surface area contributed by atoms with Crippen molar-refractivity contribution in [2.45, 2.75) is 18.8 Å². The summed E-state index contributed by atoms with van der Waals surface area (Å²) in [5, 5.41) is 8.24. The van der Waals surface area contributed by atoms with Crippen LogP contribution in [0.2, 0.25) is 0 Å². The summed E-state index contributed by atoms with van der Waals surface area (Å²) in [6.45, 7) is -0.957. The van der Waals surface area contributed by atoms with Gasteiger partial charge in [0.1, 0.15) is 6.61 Å². The van der Waals surface area contributed by atoms with E-state index in [2.05, 4.69) is 0 Å². The number of carboxylic acid groups (broad SMARTS) is 1. The minimum Gasteiger partial charge on any atom is -0.480 e. The molecule has 0 spiro atoms. The molecule has 0 aromatic heterocycles. The van der Waals surface area contributed by atoms with Crippen molar-refractivity contribution in [1.29, 1.82) is 0 Å². The van der Waals surface area contributed by atoms with Crippen LogP contribution in [0.5, 0.6) is 0 Å². The summed E-state index contributed by atoms with van der Waals surface area (Å²) in [6.07, 6.45) is -4.76. The van der Waals surface area contributed by atoms with E-state index in [1.807, 2.05) is 0 Å². The van der Waals surface area contributed by atoms with Gasteiger partial charge >= 0.3 is 12.3 Å². The minimum atomic E-state index is -4.35. The van der Waals surface area contributed by atoms with Gasteiger partial charge in [0.15, 0.2) is 0 Å². The molecule has 1 aliphatic rings. The second-order valence-corrected chi connectivity index (χ2v) is 3.03. The first-order valence-corrected chi connectivity index (χ1v) is 4.05. The van der Waals surface area contributed by atoms with Crippen LogP contribution in [0.15, 0.2) is 0 Å². The zero-order valence-electron chi connectivity index (χ0n) is 7.25. The number of carbonyl (C=O) groups is 1. The smallest absolute Gasteiger partial charge is 0.460 e. The Labute approximate surface area is 78.2 Å². The van der Waals surface area contributed by atoms with Crippen LogP contribution >= 0.6 is 0 Å². The second-order valence-electron chi connectivity index (χ2n) is 3.03. The molecule has 0 saturated carbocycles. The lowest BCUT2D eigenvalue weighted by Crippen LogP contribution is -2.36. The summed E-state index contributed by atoms with van der Waals surface area (Å²) < 4.78 is 41.0. The number of nitrogens with zero attached hydrogens (tertiary/aromatic N) is 1.